The van der Waals surface area contributed by atoms with Crippen LogP contribution in [0.4, 0.5) is 19.0 Å². The van der Waals surface area contributed by atoms with Crippen LogP contribution in [0.3, 0.4) is 0 Å². The lowest BCUT2D eigenvalue weighted by atomic mass is 9.97. The average Bonchev–Trinajstić information content (AvgIpc) is 3.33. The number of halogens is 3. The molecule has 1 amide bonds. The lowest BCUT2D eigenvalue weighted by Crippen LogP contribution is -2.28. The normalized spacial score (nSPS) is 16.0. The number of hydrazine groups is 1. The van der Waals surface area contributed by atoms with Gasteiger partial charge < -0.3 is 15.3 Å². The van der Waals surface area contributed by atoms with E-state index in [1.54, 1.807) is 31.3 Å². The quantitative estimate of drug-likeness (QED) is 0.566. The lowest BCUT2D eigenvalue weighted by Gasteiger charge is -2.20. The van der Waals surface area contributed by atoms with Crippen molar-refractivity contribution in [2.45, 2.75) is 19.1 Å². The fourth-order valence-electron chi connectivity index (χ4n) is 3.49. The monoisotopic (exact) mass is 427 g/mol. The highest BCUT2D eigenvalue weighted by molar-refractivity contribution is 6.05. The smallest absolute Gasteiger partial charge is 0.340 e. The zero-order valence-corrected chi connectivity index (χ0v) is 16.8. The molecule has 1 aromatic heterocycles. The van der Waals surface area contributed by atoms with Gasteiger partial charge in [-0.3, -0.25) is 4.79 Å². The Labute approximate surface area is 176 Å². The molecular formula is C22H20F3N5O. The first kappa shape index (κ1) is 20.7. The summed E-state index contributed by atoms with van der Waals surface area (Å²) in [4.78, 5) is 20.3. The van der Waals surface area contributed by atoms with E-state index < -0.39 is 23.7 Å². The number of nitrogens with one attached hydrogen (secondary N) is 3. The Hall–Kier alpha value is -3.59. The number of hydrogen-bond acceptors (Lipinski definition) is 4. The predicted octanol–water partition coefficient (Wildman–Crippen LogP) is 4.66. The average molecular weight is 427 g/mol. The van der Waals surface area contributed by atoms with Crippen molar-refractivity contribution in [2.75, 3.05) is 12.4 Å². The highest BCUT2D eigenvalue weighted by Gasteiger charge is 2.36. The summed E-state index contributed by atoms with van der Waals surface area (Å²) in [5.41, 5.74) is 3.65. The molecule has 4 rings (SSSR count). The Kier molecular flexibility index (Phi) is 5.28. The highest BCUT2D eigenvalue weighted by Crippen LogP contribution is 2.36. The molecule has 6 nitrogen and oxygen atoms in total. The molecular weight excluding hydrogens is 407 g/mol. The van der Waals surface area contributed by atoms with Gasteiger partial charge in [-0.1, -0.05) is 30.3 Å². The molecule has 31 heavy (non-hydrogen) atoms. The lowest BCUT2D eigenvalue weighted by molar-refractivity contribution is -0.138. The molecule has 0 saturated heterocycles. The van der Waals surface area contributed by atoms with Crippen molar-refractivity contribution >= 4 is 11.7 Å². The first-order valence-corrected chi connectivity index (χ1v) is 9.54. The number of rotatable bonds is 4. The SMILES string of the molecule is Cc1nc(NC(=O)c2ccc(C(F)(F)F)c(C3C=CN(C)N3)c2)c(-c2ccccc2)[nH]1. The number of carbonyl (C=O) groups excluding carboxylic acids is 1. The number of imidazole rings is 1. The fourth-order valence-corrected chi connectivity index (χ4v) is 3.49. The van der Waals surface area contributed by atoms with Crippen molar-refractivity contribution in [2.24, 2.45) is 0 Å². The number of aromatic amines is 1. The van der Waals surface area contributed by atoms with Crippen molar-refractivity contribution in [3.63, 3.8) is 0 Å². The van der Waals surface area contributed by atoms with Crippen LogP contribution in [-0.2, 0) is 6.18 Å². The molecule has 2 aromatic carbocycles. The van der Waals surface area contributed by atoms with Gasteiger partial charge in [-0.05, 0) is 36.8 Å². The van der Waals surface area contributed by atoms with Crippen LogP contribution >= 0.6 is 0 Å². The van der Waals surface area contributed by atoms with E-state index in [4.69, 9.17) is 0 Å². The zero-order chi connectivity index (χ0) is 22.2. The van der Waals surface area contributed by atoms with Crippen LogP contribution in [0, 0.1) is 6.92 Å². The van der Waals surface area contributed by atoms with Crippen molar-refractivity contribution in [3.05, 3.63) is 83.3 Å². The molecule has 0 aliphatic carbocycles. The van der Waals surface area contributed by atoms with Gasteiger partial charge in [-0.15, -0.1) is 0 Å². The summed E-state index contributed by atoms with van der Waals surface area (Å²) in [7, 11) is 1.69. The van der Waals surface area contributed by atoms with Crippen LogP contribution in [0.15, 0.2) is 60.8 Å². The van der Waals surface area contributed by atoms with Gasteiger partial charge in [0.05, 0.1) is 17.3 Å². The summed E-state index contributed by atoms with van der Waals surface area (Å²) in [5.74, 6) is 0.369. The maximum Gasteiger partial charge on any atom is 0.416 e. The van der Waals surface area contributed by atoms with Crippen LogP contribution in [0.1, 0.15) is 33.4 Å². The summed E-state index contributed by atoms with van der Waals surface area (Å²) in [6, 6.07) is 12.0. The molecule has 1 aliphatic heterocycles. The fraction of sp³-hybridized carbons (Fsp3) is 0.182. The molecule has 160 valence electrons. The number of alkyl halides is 3. The highest BCUT2D eigenvalue weighted by atomic mass is 19.4. The van der Waals surface area contributed by atoms with E-state index in [1.165, 1.54) is 12.1 Å². The van der Waals surface area contributed by atoms with E-state index in [0.717, 1.165) is 11.6 Å². The second-order valence-electron chi connectivity index (χ2n) is 7.22. The first-order chi connectivity index (χ1) is 14.7. The minimum atomic E-state index is -4.54. The second kappa shape index (κ2) is 7.92. The van der Waals surface area contributed by atoms with Crippen LogP contribution in [0.25, 0.3) is 11.3 Å². The molecule has 1 unspecified atom stereocenters. The van der Waals surface area contributed by atoms with Crippen molar-refractivity contribution < 1.29 is 18.0 Å². The van der Waals surface area contributed by atoms with Crippen LogP contribution in [0.5, 0.6) is 0 Å². The number of amides is 1. The molecule has 0 radical (unpaired) electrons. The van der Waals surface area contributed by atoms with Gasteiger partial charge in [0.25, 0.3) is 5.91 Å². The molecule has 2 heterocycles. The van der Waals surface area contributed by atoms with E-state index in [1.807, 2.05) is 30.3 Å². The number of carbonyl (C=O) groups is 1. The third-order valence-electron chi connectivity index (χ3n) is 4.92. The summed E-state index contributed by atoms with van der Waals surface area (Å²) in [5, 5.41) is 4.29. The molecule has 1 atom stereocenters. The van der Waals surface area contributed by atoms with Crippen LogP contribution in [0.2, 0.25) is 0 Å². The molecule has 0 bridgehead atoms. The number of hydrogen-bond donors (Lipinski definition) is 3. The van der Waals surface area contributed by atoms with Gasteiger partial charge in [-0.2, -0.15) is 13.2 Å². The third-order valence-corrected chi connectivity index (χ3v) is 4.92. The maximum absolute atomic E-state index is 13.5. The number of aromatic nitrogens is 2. The standard InChI is InChI=1S/C22H20F3N5O/c1-13-26-19(14-6-4-3-5-7-14)20(27-13)28-21(31)15-8-9-17(22(23,24)25)16(12-15)18-10-11-30(2)29-18/h3-12,18,29H,1-2H3,(H,26,27)(H,28,31). The zero-order valence-electron chi connectivity index (χ0n) is 16.8. The Morgan fingerprint density at radius 2 is 1.90 bits per heavy atom. The van der Waals surface area contributed by atoms with Gasteiger partial charge in [0.1, 0.15) is 5.82 Å². The maximum atomic E-state index is 13.5. The van der Waals surface area contributed by atoms with Crippen LogP contribution in [-0.4, -0.2) is 27.9 Å². The summed E-state index contributed by atoms with van der Waals surface area (Å²) < 4.78 is 40.6. The minimum absolute atomic E-state index is 0.0257. The van der Waals surface area contributed by atoms with Crippen LogP contribution < -0.4 is 10.7 Å². The summed E-state index contributed by atoms with van der Waals surface area (Å²) in [6.45, 7) is 1.76. The minimum Gasteiger partial charge on any atom is -0.340 e. The van der Waals surface area contributed by atoms with E-state index in [0.29, 0.717) is 17.3 Å². The van der Waals surface area contributed by atoms with Crippen molar-refractivity contribution in [3.8, 4) is 11.3 Å². The summed E-state index contributed by atoms with van der Waals surface area (Å²) >= 11 is 0. The third kappa shape index (κ3) is 4.31. The molecule has 0 spiro atoms. The number of H-pyrrole nitrogens is 1. The molecule has 1 aliphatic rings. The molecule has 3 aromatic rings. The van der Waals surface area contributed by atoms with Gasteiger partial charge in [0, 0.05) is 24.4 Å². The van der Waals surface area contributed by atoms with E-state index in [2.05, 4.69) is 20.7 Å². The van der Waals surface area contributed by atoms with Crippen molar-refractivity contribution in [1.82, 2.24) is 20.4 Å². The summed E-state index contributed by atoms with van der Waals surface area (Å²) in [6.07, 6.45) is -1.30. The Bertz CT molecular complexity index is 1140. The molecule has 0 saturated carbocycles. The Morgan fingerprint density at radius 1 is 1.16 bits per heavy atom. The van der Waals surface area contributed by atoms with E-state index in [9.17, 15) is 18.0 Å². The first-order valence-electron chi connectivity index (χ1n) is 9.54. The number of anilines is 1. The van der Waals surface area contributed by atoms with E-state index in [-0.39, 0.29) is 11.1 Å². The Morgan fingerprint density at radius 3 is 2.55 bits per heavy atom. The largest absolute Gasteiger partial charge is 0.416 e. The van der Waals surface area contributed by atoms with E-state index >= 15 is 0 Å². The van der Waals surface area contributed by atoms with Gasteiger partial charge >= 0.3 is 6.18 Å². The number of nitrogens with zero attached hydrogens (tertiary/aromatic N) is 2. The van der Waals surface area contributed by atoms with Gasteiger partial charge in [-0.25, -0.2) is 10.4 Å². The van der Waals surface area contributed by atoms with Gasteiger partial charge in [0.15, 0.2) is 5.82 Å². The van der Waals surface area contributed by atoms with Gasteiger partial charge in [0.2, 0.25) is 0 Å². The molecule has 9 heteroatoms. The molecule has 3 N–H and O–H groups in total. The topological polar surface area (TPSA) is 73.1 Å². The predicted molar refractivity (Wildman–Crippen MR) is 111 cm³/mol. The number of aryl methyl sites for hydroxylation is 1. The van der Waals surface area contributed by atoms with Crippen molar-refractivity contribution in [1.29, 1.82) is 0 Å². The Balaban J connectivity index is 1.67. The second-order valence-corrected chi connectivity index (χ2v) is 7.22. The molecule has 0 fully saturated rings. The number of benzene rings is 2.